The lowest BCUT2D eigenvalue weighted by molar-refractivity contribution is -0.0148. The van der Waals surface area contributed by atoms with Gasteiger partial charge in [0, 0.05) is 0 Å². The maximum atomic E-state index is 13.4. The molecule has 1 atom stereocenters. The second-order valence-electron chi connectivity index (χ2n) is 2.52. The molecule has 82 valence electrons. The van der Waals surface area contributed by atoms with Gasteiger partial charge < -0.3 is 10.5 Å². The number of hydrogen-bond acceptors (Lipinski definition) is 3. The van der Waals surface area contributed by atoms with E-state index < -0.39 is 12.3 Å². The minimum absolute atomic E-state index is 0.0308. The van der Waals surface area contributed by atoms with Gasteiger partial charge in [0.15, 0.2) is 0 Å². The maximum absolute atomic E-state index is 13.4. The lowest BCUT2D eigenvalue weighted by atomic mass is 10.2. The Balaban J connectivity index is 3.12. The van der Waals surface area contributed by atoms with E-state index in [1.807, 2.05) is 22.6 Å². The first-order valence-electron chi connectivity index (χ1n) is 3.84. The van der Waals surface area contributed by atoms with Crippen LogP contribution < -0.4 is 5.73 Å². The molecule has 0 aromatic carbocycles. The molecule has 1 unspecified atom stereocenters. The van der Waals surface area contributed by atoms with Crippen molar-refractivity contribution in [3.8, 4) is 0 Å². The van der Waals surface area contributed by atoms with Gasteiger partial charge in [0.25, 0.3) is 5.91 Å². The topological polar surface area (TPSA) is 65.2 Å². The van der Waals surface area contributed by atoms with Crippen LogP contribution in [-0.2, 0) is 4.74 Å². The molecular weight excluding hydrogens is 337 g/mol. The van der Waals surface area contributed by atoms with Crippen molar-refractivity contribution >= 4 is 40.1 Å². The predicted molar refractivity (Wildman–Crippen MR) is 61.6 cm³/mol. The summed E-state index contributed by atoms with van der Waals surface area (Å²) in [6.07, 6.45) is -1.80. The third kappa shape index (κ3) is 3.25. The fourth-order valence-electron chi connectivity index (χ4n) is 0.966. The Labute approximate surface area is 104 Å². The van der Waals surface area contributed by atoms with E-state index >= 15 is 0 Å². The van der Waals surface area contributed by atoms with Gasteiger partial charge in [0.2, 0.25) is 6.36 Å². The molecule has 1 rings (SSSR count). The van der Waals surface area contributed by atoms with Crippen LogP contribution in [0.15, 0.2) is 12.1 Å². The quantitative estimate of drug-likeness (QED) is 0.517. The molecule has 0 aliphatic heterocycles. The van der Waals surface area contributed by atoms with Gasteiger partial charge in [-0.1, -0.05) is 34.2 Å². The van der Waals surface area contributed by atoms with Crippen LogP contribution in [0.5, 0.6) is 0 Å². The van der Waals surface area contributed by atoms with Crippen LogP contribution >= 0.6 is 34.2 Å². The molecule has 0 spiro atoms. The summed E-state index contributed by atoms with van der Waals surface area (Å²) >= 11 is 7.41. The molecule has 0 saturated carbocycles. The molecule has 4 nitrogen and oxygen atoms in total. The number of pyridine rings is 1. The van der Waals surface area contributed by atoms with Crippen LogP contribution in [0.3, 0.4) is 0 Å². The number of carbonyl (C=O) groups excluding carboxylic acids is 1. The van der Waals surface area contributed by atoms with E-state index in [1.165, 1.54) is 12.1 Å². The number of halogens is 3. The second kappa shape index (κ2) is 5.57. The first kappa shape index (κ1) is 12.6. The maximum Gasteiger partial charge on any atom is 0.250 e. The Morgan fingerprint density at radius 1 is 1.73 bits per heavy atom. The molecule has 0 saturated heterocycles. The van der Waals surface area contributed by atoms with Gasteiger partial charge in [-0.05, 0) is 12.1 Å². The summed E-state index contributed by atoms with van der Waals surface area (Å²) in [5.74, 6) is -0.770. The molecule has 1 amide bonds. The van der Waals surface area contributed by atoms with Gasteiger partial charge in [-0.15, -0.1) is 0 Å². The van der Waals surface area contributed by atoms with Crippen molar-refractivity contribution in [2.45, 2.75) is 6.36 Å². The van der Waals surface area contributed by atoms with Crippen LogP contribution in [0.2, 0.25) is 5.15 Å². The average Bonchev–Trinajstić information content (AvgIpc) is 2.17. The number of nitrogens with two attached hydrogens (primary N) is 1. The molecule has 2 N–H and O–H groups in total. The van der Waals surface area contributed by atoms with Crippen molar-refractivity contribution in [3.05, 3.63) is 28.5 Å². The minimum atomic E-state index is -1.80. The molecule has 0 aliphatic rings. The van der Waals surface area contributed by atoms with Crippen LogP contribution in [0.1, 0.15) is 22.4 Å². The molecule has 0 bridgehead atoms. The number of rotatable bonds is 4. The molecule has 0 aliphatic carbocycles. The Hall–Kier alpha value is -0.470. The summed E-state index contributed by atoms with van der Waals surface area (Å²) in [4.78, 5) is 14.6. The zero-order chi connectivity index (χ0) is 11.4. The fraction of sp³-hybridized carbons (Fsp3) is 0.250. The Morgan fingerprint density at radius 3 is 2.93 bits per heavy atom. The molecule has 1 aromatic heterocycles. The summed E-state index contributed by atoms with van der Waals surface area (Å²) in [6.45, 7) is 0. The number of hydrogen-bond donors (Lipinski definition) is 1. The van der Waals surface area contributed by atoms with Crippen molar-refractivity contribution in [2.75, 3.05) is 4.61 Å². The van der Waals surface area contributed by atoms with Crippen molar-refractivity contribution in [1.82, 2.24) is 4.98 Å². The van der Waals surface area contributed by atoms with Gasteiger partial charge >= 0.3 is 0 Å². The summed E-state index contributed by atoms with van der Waals surface area (Å²) in [5, 5.41) is 0.0784. The molecule has 0 fully saturated rings. The SMILES string of the molecule is NC(=O)c1ccc(Cl)nc1C(F)OCI. The number of amides is 1. The Bertz CT molecular complexity index is 378. The Kier molecular flexibility index (Phi) is 4.68. The van der Waals surface area contributed by atoms with Gasteiger partial charge in [-0.2, -0.15) is 0 Å². The zero-order valence-electron chi connectivity index (χ0n) is 7.41. The monoisotopic (exact) mass is 344 g/mol. The molecule has 7 heteroatoms. The van der Waals surface area contributed by atoms with Crippen LogP contribution in [0.4, 0.5) is 4.39 Å². The number of nitrogens with zero attached hydrogens (tertiary/aromatic N) is 1. The number of ether oxygens (including phenoxy) is 1. The number of alkyl halides is 2. The number of primary amides is 1. The lowest BCUT2D eigenvalue weighted by Gasteiger charge is -2.10. The zero-order valence-corrected chi connectivity index (χ0v) is 10.3. The van der Waals surface area contributed by atoms with Gasteiger partial charge in [0.05, 0.1) is 5.56 Å². The highest BCUT2D eigenvalue weighted by molar-refractivity contribution is 14.1. The highest BCUT2D eigenvalue weighted by atomic mass is 127. The van der Waals surface area contributed by atoms with E-state index in [-0.39, 0.29) is 21.0 Å². The van der Waals surface area contributed by atoms with Gasteiger partial charge in [-0.3, -0.25) is 4.79 Å². The molecule has 15 heavy (non-hydrogen) atoms. The second-order valence-corrected chi connectivity index (χ2v) is 3.53. The largest absolute Gasteiger partial charge is 0.366 e. The first-order valence-corrected chi connectivity index (χ1v) is 5.74. The Morgan fingerprint density at radius 2 is 2.40 bits per heavy atom. The van der Waals surface area contributed by atoms with Gasteiger partial charge in [0.1, 0.15) is 15.5 Å². The van der Waals surface area contributed by atoms with Crippen molar-refractivity contribution < 1.29 is 13.9 Å². The van der Waals surface area contributed by atoms with E-state index in [2.05, 4.69) is 9.72 Å². The van der Waals surface area contributed by atoms with Crippen LogP contribution in [0, 0.1) is 0 Å². The molecule has 1 aromatic rings. The minimum Gasteiger partial charge on any atom is -0.366 e. The fourth-order valence-corrected chi connectivity index (χ4v) is 1.44. The van der Waals surface area contributed by atoms with E-state index in [0.717, 1.165) is 0 Å². The summed E-state index contributed by atoms with van der Waals surface area (Å²) in [5.41, 5.74) is 4.83. The lowest BCUT2D eigenvalue weighted by Crippen LogP contribution is -2.16. The summed E-state index contributed by atoms with van der Waals surface area (Å²) in [6, 6.07) is 2.68. The van der Waals surface area contributed by atoms with Crippen molar-refractivity contribution in [2.24, 2.45) is 5.73 Å². The summed E-state index contributed by atoms with van der Waals surface area (Å²) in [7, 11) is 0. The third-order valence-corrected chi connectivity index (χ3v) is 2.15. The van der Waals surface area contributed by atoms with Crippen molar-refractivity contribution in [3.63, 3.8) is 0 Å². The average molecular weight is 345 g/mol. The number of aromatic nitrogens is 1. The summed E-state index contributed by atoms with van der Waals surface area (Å²) < 4.78 is 18.2. The van der Waals surface area contributed by atoms with Gasteiger partial charge in [-0.25, -0.2) is 9.37 Å². The molecule has 0 radical (unpaired) electrons. The van der Waals surface area contributed by atoms with E-state index in [1.54, 1.807) is 0 Å². The number of carbonyl (C=O) groups is 1. The van der Waals surface area contributed by atoms with E-state index in [4.69, 9.17) is 17.3 Å². The van der Waals surface area contributed by atoms with Crippen molar-refractivity contribution in [1.29, 1.82) is 0 Å². The predicted octanol–water partition coefficient (Wildman–Crippen LogP) is 2.21. The molecular formula is C8H7ClFIN2O2. The van der Waals surface area contributed by atoms with Crippen LogP contribution in [-0.4, -0.2) is 15.5 Å². The smallest absolute Gasteiger partial charge is 0.250 e. The standard InChI is InChI=1S/C8H7ClFIN2O2/c9-5-2-1-4(8(12)14)6(13-5)7(10)15-3-11/h1-2,7H,3H2,(H2,12,14). The van der Waals surface area contributed by atoms with E-state index in [9.17, 15) is 9.18 Å². The highest BCUT2D eigenvalue weighted by Gasteiger charge is 2.19. The first-order chi connectivity index (χ1) is 7.06. The molecule has 1 heterocycles. The highest BCUT2D eigenvalue weighted by Crippen LogP contribution is 2.23. The van der Waals surface area contributed by atoms with Crippen LogP contribution in [0.25, 0.3) is 0 Å². The normalized spacial score (nSPS) is 12.5. The third-order valence-electron chi connectivity index (χ3n) is 1.58. The van der Waals surface area contributed by atoms with E-state index in [0.29, 0.717) is 0 Å².